The maximum atomic E-state index is 11.3. The lowest BCUT2D eigenvalue weighted by molar-refractivity contribution is -0.143. The van der Waals surface area contributed by atoms with Gasteiger partial charge in [-0.1, -0.05) is 18.2 Å². The molecular formula is C17H25N3O3. The summed E-state index contributed by atoms with van der Waals surface area (Å²) >= 11 is 0. The lowest BCUT2D eigenvalue weighted by Crippen LogP contribution is -2.42. The van der Waals surface area contributed by atoms with Crippen LogP contribution in [0, 0.1) is 0 Å². The number of carbonyl (C=O) groups is 1. The minimum Gasteiger partial charge on any atom is -0.488 e. The summed E-state index contributed by atoms with van der Waals surface area (Å²) in [6, 6.07) is 8.11. The van der Waals surface area contributed by atoms with Crippen LogP contribution in [0.25, 0.3) is 0 Å². The molecule has 1 unspecified atom stereocenters. The highest BCUT2D eigenvalue weighted by Gasteiger charge is 2.22. The fraction of sp³-hybridized carbons (Fsp3) is 0.529. The van der Waals surface area contributed by atoms with Crippen molar-refractivity contribution >= 4 is 11.9 Å². The average molecular weight is 319 g/mol. The fourth-order valence-electron chi connectivity index (χ4n) is 2.47. The minimum absolute atomic E-state index is 0.116. The van der Waals surface area contributed by atoms with Crippen molar-refractivity contribution in [2.45, 2.75) is 32.3 Å². The molecule has 0 amide bonds. The number of para-hydroxylation sites is 1. The molecule has 1 heterocycles. The Balaban J connectivity index is 1.64. The van der Waals surface area contributed by atoms with Gasteiger partial charge in [-0.05, 0) is 25.0 Å². The number of fused-ring (bicyclic) bond motifs is 1. The first-order chi connectivity index (χ1) is 11.2. The quantitative estimate of drug-likeness (QED) is 0.345. The maximum absolute atomic E-state index is 11.3. The second kappa shape index (κ2) is 9.02. The van der Waals surface area contributed by atoms with Crippen LogP contribution in [0.1, 0.15) is 25.3 Å². The number of guanidine groups is 1. The molecule has 126 valence electrons. The molecule has 1 aliphatic rings. The van der Waals surface area contributed by atoms with Gasteiger partial charge in [0.15, 0.2) is 5.96 Å². The van der Waals surface area contributed by atoms with E-state index < -0.39 is 0 Å². The van der Waals surface area contributed by atoms with Crippen molar-refractivity contribution in [2.24, 2.45) is 4.99 Å². The molecule has 0 bridgehead atoms. The summed E-state index contributed by atoms with van der Waals surface area (Å²) in [4.78, 5) is 15.4. The van der Waals surface area contributed by atoms with Gasteiger partial charge in [-0.15, -0.1) is 0 Å². The Morgan fingerprint density at radius 3 is 2.96 bits per heavy atom. The molecule has 1 aromatic rings. The monoisotopic (exact) mass is 319 g/mol. The van der Waals surface area contributed by atoms with Gasteiger partial charge in [-0.3, -0.25) is 9.79 Å². The second-order valence-electron chi connectivity index (χ2n) is 5.34. The van der Waals surface area contributed by atoms with Crippen molar-refractivity contribution < 1.29 is 14.3 Å². The van der Waals surface area contributed by atoms with Crippen molar-refractivity contribution in [1.82, 2.24) is 10.6 Å². The van der Waals surface area contributed by atoms with Crippen molar-refractivity contribution in [3.63, 3.8) is 0 Å². The summed E-state index contributed by atoms with van der Waals surface area (Å²) in [5.41, 5.74) is 1.25. The van der Waals surface area contributed by atoms with Crippen LogP contribution in [0.2, 0.25) is 0 Å². The zero-order chi connectivity index (χ0) is 16.5. The Morgan fingerprint density at radius 1 is 1.39 bits per heavy atom. The molecule has 0 radical (unpaired) electrons. The lowest BCUT2D eigenvalue weighted by atomic mass is 10.1. The van der Waals surface area contributed by atoms with Crippen molar-refractivity contribution in [1.29, 1.82) is 0 Å². The summed E-state index contributed by atoms with van der Waals surface area (Å²) in [6.45, 7) is 3.60. The first-order valence-electron chi connectivity index (χ1n) is 8.07. The molecule has 0 saturated heterocycles. The Bertz CT molecular complexity index is 521. The van der Waals surface area contributed by atoms with E-state index in [-0.39, 0.29) is 12.1 Å². The molecule has 1 aromatic carbocycles. The van der Waals surface area contributed by atoms with E-state index >= 15 is 0 Å². The van der Waals surface area contributed by atoms with Gasteiger partial charge >= 0.3 is 5.97 Å². The van der Waals surface area contributed by atoms with Crippen LogP contribution in [-0.4, -0.2) is 44.8 Å². The Hall–Kier alpha value is -2.24. The van der Waals surface area contributed by atoms with E-state index in [1.165, 1.54) is 5.56 Å². The van der Waals surface area contributed by atoms with Crippen molar-refractivity contribution in [3.8, 4) is 5.75 Å². The molecule has 0 fully saturated rings. The smallest absolute Gasteiger partial charge is 0.305 e. The first kappa shape index (κ1) is 17.1. The molecule has 6 nitrogen and oxygen atoms in total. The third kappa shape index (κ3) is 5.47. The van der Waals surface area contributed by atoms with Crippen LogP contribution in [0.5, 0.6) is 5.75 Å². The van der Waals surface area contributed by atoms with Gasteiger partial charge in [0.1, 0.15) is 11.9 Å². The fourth-order valence-corrected chi connectivity index (χ4v) is 2.47. The van der Waals surface area contributed by atoms with Gasteiger partial charge in [0.2, 0.25) is 0 Å². The number of esters is 1. The topological polar surface area (TPSA) is 72.0 Å². The van der Waals surface area contributed by atoms with E-state index in [1.54, 1.807) is 7.05 Å². The van der Waals surface area contributed by atoms with Gasteiger partial charge in [0.25, 0.3) is 0 Å². The van der Waals surface area contributed by atoms with Crippen LogP contribution in [0.15, 0.2) is 29.3 Å². The van der Waals surface area contributed by atoms with Crippen LogP contribution in [-0.2, 0) is 16.0 Å². The van der Waals surface area contributed by atoms with Crippen LogP contribution < -0.4 is 15.4 Å². The number of ether oxygens (including phenoxy) is 2. The Labute approximate surface area is 137 Å². The minimum atomic E-state index is -0.158. The number of nitrogens with one attached hydrogen (secondary N) is 2. The normalized spacial score (nSPS) is 16.4. The molecule has 2 rings (SSSR count). The van der Waals surface area contributed by atoms with Gasteiger partial charge in [-0.2, -0.15) is 0 Å². The van der Waals surface area contributed by atoms with Crippen molar-refractivity contribution in [3.05, 3.63) is 29.8 Å². The van der Waals surface area contributed by atoms with Gasteiger partial charge in [-0.25, -0.2) is 0 Å². The zero-order valence-electron chi connectivity index (χ0n) is 13.8. The molecule has 2 N–H and O–H groups in total. The van der Waals surface area contributed by atoms with Crippen molar-refractivity contribution in [2.75, 3.05) is 26.7 Å². The highest BCUT2D eigenvalue weighted by atomic mass is 16.5. The molecule has 0 spiro atoms. The van der Waals surface area contributed by atoms with E-state index in [9.17, 15) is 4.79 Å². The maximum Gasteiger partial charge on any atom is 0.305 e. The average Bonchev–Trinajstić information content (AvgIpc) is 2.97. The van der Waals surface area contributed by atoms with Gasteiger partial charge < -0.3 is 20.1 Å². The summed E-state index contributed by atoms with van der Waals surface area (Å²) in [6.07, 6.45) is 2.15. The molecular weight excluding hydrogens is 294 g/mol. The predicted octanol–water partition coefficient (Wildman–Crippen LogP) is 1.50. The highest BCUT2D eigenvalue weighted by molar-refractivity contribution is 5.79. The van der Waals surface area contributed by atoms with E-state index in [4.69, 9.17) is 9.47 Å². The highest BCUT2D eigenvalue weighted by Crippen LogP contribution is 2.27. The van der Waals surface area contributed by atoms with Crippen LogP contribution in [0.3, 0.4) is 0 Å². The summed E-state index contributed by atoms with van der Waals surface area (Å²) < 4.78 is 10.8. The molecule has 6 heteroatoms. The number of carbonyl (C=O) groups excluding carboxylic acids is 1. The van der Waals surface area contributed by atoms with E-state index in [1.807, 2.05) is 25.1 Å². The predicted molar refractivity (Wildman–Crippen MR) is 89.8 cm³/mol. The third-order valence-electron chi connectivity index (χ3n) is 3.59. The van der Waals surface area contributed by atoms with Crippen LogP contribution >= 0.6 is 0 Å². The number of nitrogens with zero attached hydrogens (tertiary/aromatic N) is 1. The van der Waals surface area contributed by atoms with E-state index in [0.717, 1.165) is 12.2 Å². The Morgan fingerprint density at radius 2 is 2.22 bits per heavy atom. The number of hydrogen-bond acceptors (Lipinski definition) is 4. The number of aliphatic imine (C=N–C) groups is 1. The molecule has 0 saturated carbocycles. The number of benzene rings is 1. The molecule has 23 heavy (non-hydrogen) atoms. The molecule has 0 aliphatic carbocycles. The first-order valence-corrected chi connectivity index (χ1v) is 8.07. The number of hydrogen-bond donors (Lipinski definition) is 2. The standard InChI is InChI=1S/C17H25N3O3/c1-3-22-16(21)9-6-10-19-17(18-2)20-12-14-11-13-7-4-5-8-15(13)23-14/h4-5,7-8,14H,3,6,9-12H2,1-2H3,(H2,18,19,20). The zero-order valence-corrected chi connectivity index (χ0v) is 13.8. The second-order valence-corrected chi connectivity index (χ2v) is 5.34. The summed E-state index contributed by atoms with van der Waals surface area (Å²) in [5, 5.41) is 6.44. The summed E-state index contributed by atoms with van der Waals surface area (Å²) in [7, 11) is 1.73. The Kier molecular flexibility index (Phi) is 6.72. The molecule has 0 aromatic heterocycles. The van der Waals surface area contributed by atoms with Crippen LogP contribution in [0.4, 0.5) is 0 Å². The SMILES string of the molecule is CCOC(=O)CCCNC(=NC)NCC1Cc2ccccc2O1. The van der Waals surface area contributed by atoms with E-state index in [0.29, 0.717) is 38.5 Å². The number of rotatable bonds is 7. The third-order valence-corrected chi connectivity index (χ3v) is 3.59. The molecule has 1 atom stereocenters. The molecule has 1 aliphatic heterocycles. The largest absolute Gasteiger partial charge is 0.488 e. The summed E-state index contributed by atoms with van der Waals surface area (Å²) in [5.74, 6) is 1.53. The van der Waals surface area contributed by atoms with Gasteiger partial charge in [0.05, 0.1) is 13.2 Å². The lowest BCUT2D eigenvalue weighted by Gasteiger charge is -2.15. The van der Waals surface area contributed by atoms with Gasteiger partial charge in [0, 0.05) is 26.4 Å². The van der Waals surface area contributed by atoms with E-state index in [2.05, 4.69) is 21.7 Å².